The smallest absolute Gasteiger partial charge is 0.331 e. The van der Waals surface area contributed by atoms with Crippen LogP contribution in [0.1, 0.15) is 11.6 Å². The van der Waals surface area contributed by atoms with Gasteiger partial charge in [0.25, 0.3) is 0 Å². The molecule has 0 saturated heterocycles. The lowest BCUT2D eigenvalue weighted by atomic mass is 9.99. The van der Waals surface area contributed by atoms with Crippen LogP contribution in [0.25, 0.3) is 0 Å². The van der Waals surface area contributed by atoms with Crippen LogP contribution in [0.5, 0.6) is 11.5 Å². The van der Waals surface area contributed by atoms with Crippen LogP contribution in [-0.4, -0.2) is 26.3 Å². The molecule has 2 atom stereocenters. The number of rotatable bonds is 6. The van der Waals surface area contributed by atoms with E-state index in [-0.39, 0.29) is 12.0 Å². The highest BCUT2D eigenvalue weighted by Gasteiger charge is 2.30. The van der Waals surface area contributed by atoms with Crippen LogP contribution in [0.3, 0.4) is 0 Å². The van der Waals surface area contributed by atoms with Gasteiger partial charge in [-0.2, -0.15) is 0 Å². The predicted molar refractivity (Wildman–Crippen MR) is 99.1 cm³/mol. The van der Waals surface area contributed by atoms with Gasteiger partial charge in [0.15, 0.2) is 0 Å². The number of carbonyl (C=O) groups is 1. The minimum absolute atomic E-state index is 0.301. The molecule has 2 aromatic carbocycles. The fourth-order valence-electron chi connectivity index (χ4n) is 2.70. The SMILES string of the molecule is COc1ccc([C@@H](Nc2ccc(Br)cc2)[C@@H]2C=CC(=O)O2)c(OC)c1. The number of nitrogens with one attached hydrogen (secondary N) is 1. The maximum absolute atomic E-state index is 11.5. The number of ether oxygens (including phenoxy) is 3. The van der Waals surface area contributed by atoms with Crippen LogP contribution in [0, 0.1) is 0 Å². The fourth-order valence-corrected chi connectivity index (χ4v) is 2.97. The zero-order valence-corrected chi connectivity index (χ0v) is 15.4. The van der Waals surface area contributed by atoms with E-state index in [9.17, 15) is 4.79 Å². The summed E-state index contributed by atoms with van der Waals surface area (Å²) in [5, 5.41) is 3.43. The average Bonchev–Trinajstić information content (AvgIpc) is 3.07. The largest absolute Gasteiger partial charge is 0.497 e. The van der Waals surface area contributed by atoms with Crippen molar-refractivity contribution in [1.29, 1.82) is 0 Å². The van der Waals surface area contributed by atoms with E-state index in [4.69, 9.17) is 14.2 Å². The molecule has 1 aliphatic heterocycles. The molecule has 0 unspecified atom stereocenters. The Morgan fingerprint density at radius 3 is 2.48 bits per heavy atom. The second-order valence-electron chi connectivity index (χ2n) is 5.50. The number of carbonyl (C=O) groups excluding carboxylic acids is 1. The molecular weight excluding hydrogens is 386 g/mol. The lowest BCUT2D eigenvalue weighted by Crippen LogP contribution is -2.26. The van der Waals surface area contributed by atoms with Gasteiger partial charge in [-0.1, -0.05) is 15.9 Å². The Balaban J connectivity index is 1.97. The highest BCUT2D eigenvalue weighted by Crippen LogP contribution is 2.36. The number of hydrogen-bond donors (Lipinski definition) is 1. The molecule has 1 aliphatic rings. The van der Waals surface area contributed by atoms with Gasteiger partial charge in [0.2, 0.25) is 0 Å². The van der Waals surface area contributed by atoms with Crippen LogP contribution in [0.15, 0.2) is 59.1 Å². The number of cyclic esters (lactones) is 1. The van der Waals surface area contributed by atoms with Crippen LogP contribution < -0.4 is 14.8 Å². The van der Waals surface area contributed by atoms with Crippen LogP contribution in [0.4, 0.5) is 5.69 Å². The summed E-state index contributed by atoms with van der Waals surface area (Å²) in [4.78, 5) is 11.5. The van der Waals surface area contributed by atoms with Crippen molar-refractivity contribution in [3.8, 4) is 11.5 Å². The molecule has 0 fully saturated rings. The van der Waals surface area contributed by atoms with Crippen LogP contribution >= 0.6 is 15.9 Å². The summed E-state index contributed by atoms with van der Waals surface area (Å²) in [6, 6.07) is 13.1. The molecular formula is C19H18BrNO4. The molecule has 0 amide bonds. The molecule has 0 aromatic heterocycles. The van der Waals surface area contributed by atoms with Gasteiger partial charge in [-0.05, 0) is 42.5 Å². The van der Waals surface area contributed by atoms with Crippen LogP contribution in [-0.2, 0) is 9.53 Å². The average molecular weight is 404 g/mol. The highest BCUT2D eigenvalue weighted by molar-refractivity contribution is 9.10. The van der Waals surface area contributed by atoms with Gasteiger partial charge in [0, 0.05) is 27.9 Å². The second-order valence-corrected chi connectivity index (χ2v) is 6.41. The summed E-state index contributed by atoms with van der Waals surface area (Å²) >= 11 is 3.43. The number of hydrogen-bond acceptors (Lipinski definition) is 5. The van der Waals surface area contributed by atoms with Gasteiger partial charge in [-0.15, -0.1) is 0 Å². The second kappa shape index (κ2) is 7.61. The van der Waals surface area contributed by atoms with Gasteiger partial charge >= 0.3 is 5.97 Å². The number of benzene rings is 2. The first kappa shape index (κ1) is 17.4. The Bertz CT molecular complexity index is 789. The number of halogens is 1. The molecule has 0 saturated carbocycles. The summed E-state index contributed by atoms with van der Waals surface area (Å²) in [6.07, 6.45) is 2.76. The summed E-state index contributed by atoms with van der Waals surface area (Å²) in [5.74, 6) is 1.01. The Labute approximate surface area is 154 Å². The molecule has 6 heteroatoms. The third-order valence-corrected chi connectivity index (χ3v) is 4.47. The van der Waals surface area contributed by atoms with E-state index in [1.54, 1.807) is 20.3 Å². The molecule has 1 N–H and O–H groups in total. The molecule has 0 aliphatic carbocycles. The summed E-state index contributed by atoms with van der Waals surface area (Å²) < 4.78 is 17.2. The Kier molecular flexibility index (Phi) is 5.28. The van der Waals surface area contributed by atoms with E-state index in [1.807, 2.05) is 42.5 Å². The van der Waals surface area contributed by atoms with E-state index in [1.165, 1.54) is 6.08 Å². The Hall–Kier alpha value is -2.47. The lowest BCUT2D eigenvalue weighted by molar-refractivity contribution is -0.139. The molecule has 0 bridgehead atoms. The molecule has 1 heterocycles. The molecule has 25 heavy (non-hydrogen) atoms. The van der Waals surface area contributed by atoms with Crippen molar-refractivity contribution in [2.75, 3.05) is 19.5 Å². The normalized spacial score (nSPS) is 17.1. The third kappa shape index (κ3) is 3.96. The van der Waals surface area contributed by atoms with Crippen LogP contribution in [0.2, 0.25) is 0 Å². The van der Waals surface area contributed by atoms with Crippen molar-refractivity contribution < 1.29 is 19.0 Å². The summed E-state index contributed by atoms with van der Waals surface area (Å²) in [6.45, 7) is 0. The van der Waals surface area contributed by atoms with Crippen molar-refractivity contribution in [3.05, 3.63) is 64.7 Å². The predicted octanol–water partition coefficient (Wildman–Crippen LogP) is 4.10. The molecule has 3 rings (SSSR count). The first-order chi connectivity index (χ1) is 12.1. The lowest BCUT2D eigenvalue weighted by Gasteiger charge is -2.26. The van der Waals surface area contributed by atoms with E-state index in [0.717, 1.165) is 15.7 Å². The molecule has 0 spiro atoms. The standard InChI is InChI=1S/C19H18BrNO4/c1-23-14-7-8-15(17(11-14)24-2)19(16-9-10-18(22)25-16)21-13-5-3-12(20)4-6-13/h3-11,16,19,21H,1-2H3/t16-,19+/m0/s1. The van der Waals surface area contributed by atoms with Crippen molar-refractivity contribution in [2.45, 2.75) is 12.1 Å². The maximum atomic E-state index is 11.5. The minimum atomic E-state index is -0.432. The number of methoxy groups -OCH3 is 2. The van der Waals surface area contributed by atoms with Gasteiger partial charge in [-0.25, -0.2) is 4.79 Å². The molecule has 5 nitrogen and oxygen atoms in total. The molecule has 2 aromatic rings. The number of esters is 1. The van der Waals surface area contributed by atoms with Gasteiger partial charge < -0.3 is 19.5 Å². The van der Waals surface area contributed by atoms with Crippen molar-refractivity contribution in [3.63, 3.8) is 0 Å². The first-order valence-corrected chi connectivity index (χ1v) is 8.53. The highest BCUT2D eigenvalue weighted by atomic mass is 79.9. The van der Waals surface area contributed by atoms with Crippen molar-refractivity contribution >= 4 is 27.6 Å². The summed E-state index contributed by atoms with van der Waals surface area (Å²) in [7, 11) is 3.21. The van der Waals surface area contributed by atoms with E-state index in [2.05, 4.69) is 21.2 Å². The van der Waals surface area contributed by atoms with E-state index < -0.39 is 6.10 Å². The molecule has 0 radical (unpaired) electrons. The molecule has 130 valence electrons. The van der Waals surface area contributed by atoms with Gasteiger partial charge in [0.1, 0.15) is 17.6 Å². The van der Waals surface area contributed by atoms with Crippen molar-refractivity contribution in [2.24, 2.45) is 0 Å². The van der Waals surface area contributed by atoms with Gasteiger partial charge in [-0.3, -0.25) is 0 Å². The first-order valence-electron chi connectivity index (χ1n) is 7.73. The fraction of sp³-hybridized carbons (Fsp3) is 0.211. The monoisotopic (exact) mass is 403 g/mol. The minimum Gasteiger partial charge on any atom is -0.497 e. The Morgan fingerprint density at radius 1 is 1.12 bits per heavy atom. The zero-order valence-electron chi connectivity index (χ0n) is 13.9. The van der Waals surface area contributed by atoms with Crippen molar-refractivity contribution in [1.82, 2.24) is 0 Å². The Morgan fingerprint density at radius 2 is 1.88 bits per heavy atom. The summed E-state index contributed by atoms with van der Waals surface area (Å²) in [5.41, 5.74) is 1.78. The maximum Gasteiger partial charge on any atom is 0.331 e. The zero-order chi connectivity index (χ0) is 17.8. The van der Waals surface area contributed by atoms with E-state index >= 15 is 0 Å². The van der Waals surface area contributed by atoms with E-state index in [0.29, 0.717) is 11.5 Å². The topological polar surface area (TPSA) is 56.8 Å². The number of anilines is 1. The quantitative estimate of drug-likeness (QED) is 0.735. The van der Waals surface area contributed by atoms with Gasteiger partial charge in [0.05, 0.1) is 20.3 Å². The third-order valence-electron chi connectivity index (χ3n) is 3.94.